The van der Waals surface area contributed by atoms with Gasteiger partial charge in [-0.1, -0.05) is 49.7 Å². The number of benzene rings is 1. The lowest BCUT2D eigenvalue weighted by Gasteiger charge is -2.21. The largest absolute Gasteiger partial charge is 0.334 e. The van der Waals surface area contributed by atoms with Crippen molar-refractivity contribution < 1.29 is 4.79 Å². The van der Waals surface area contributed by atoms with Crippen molar-refractivity contribution >= 4 is 11.7 Å². The minimum atomic E-state index is -0.226. The molecule has 25 heavy (non-hydrogen) atoms. The van der Waals surface area contributed by atoms with Crippen LogP contribution in [0.2, 0.25) is 0 Å². The van der Waals surface area contributed by atoms with E-state index in [0.29, 0.717) is 6.54 Å². The molecule has 1 aromatic carbocycles. The number of nitrogens with zero attached hydrogens (tertiary/aromatic N) is 3. The first-order valence-corrected chi connectivity index (χ1v) is 8.44. The van der Waals surface area contributed by atoms with E-state index in [2.05, 4.69) is 34.7 Å². The van der Waals surface area contributed by atoms with E-state index in [-0.39, 0.29) is 18.0 Å². The highest BCUT2D eigenvalue weighted by Crippen LogP contribution is 2.20. The van der Waals surface area contributed by atoms with Gasteiger partial charge in [0.1, 0.15) is 0 Å². The summed E-state index contributed by atoms with van der Waals surface area (Å²) in [5.74, 6) is 0.911. The molecular formula is C19H23N5O. The van der Waals surface area contributed by atoms with Gasteiger partial charge in [0, 0.05) is 12.7 Å². The first-order chi connectivity index (χ1) is 12.0. The molecule has 2 heterocycles. The van der Waals surface area contributed by atoms with Crippen molar-refractivity contribution in [2.75, 3.05) is 0 Å². The van der Waals surface area contributed by atoms with Gasteiger partial charge in [-0.15, -0.1) is 10.2 Å². The van der Waals surface area contributed by atoms with Crippen molar-refractivity contribution in [2.24, 2.45) is 5.92 Å². The fourth-order valence-corrected chi connectivity index (χ4v) is 2.68. The standard InChI is InChI=1S/C19H23N5O/c1-13(2)17(18-23-22-16-6-4-5-11-24(16)18)21-19(25)20-12-15-9-7-14(3)8-10-15/h4-11,13,17H,12H2,1-3H3,(H2,20,21,25). The quantitative estimate of drug-likeness (QED) is 0.751. The van der Waals surface area contributed by atoms with Crippen LogP contribution in [0.3, 0.4) is 0 Å². The number of aromatic nitrogens is 3. The minimum absolute atomic E-state index is 0.178. The first kappa shape index (κ1) is 17.0. The molecular weight excluding hydrogens is 314 g/mol. The summed E-state index contributed by atoms with van der Waals surface area (Å²) in [5.41, 5.74) is 3.03. The van der Waals surface area contributed by atoms with Gasteiger partial charge in [0.25, 0.3) is 0 Å². The summed E-state index contributed by atoms with van der Waals surface area (Å²) < 4.78 is 1.91. The van der Waals surface area contributed by atoms with Crippen LogP contribution in [0.15, 0.2) is 48.7 Å². The van der Waals surface area contributed by atoms with Gasteiger partial charge >= 0.3 is 6.03 Å². The van der Waals surface area contributed by atoms with Crippen molar-refractivity contribution in [1.82, 2.24) is 25.2 Å². The van der Waals surface area contributed by atoms with E-state index < -0.39 is 0 Å². The maximum absolute atomic E-state index is 12.3. The molecule has 0 radical (unpaired) electrons. The predicted octanol–water partition coefficient (Wildman–Crippen LogP) is 3.23. The number of urea groups is 1. The molecule has 0 saturated heterocycles. The van der Waals surface area contributed by atoms with Crippen molar-refractivity contribution in [3.05, 3.63) is 65.6 Å². The molecule has 1 atom stereocenters. The van der Waals surface area contributed by atoms with Gasteiger partial charge in [0.2, 0.25) is 0 Å². The van der Waals surface area contributed by atoms with Crippen LogP contribution in [0.5, 0.6) is 0 Å². The van der Waals surface area contributed by atoms with Crippen LogP contribution in [0.1, 0.15) is 36.8 Å². The number of carbonyl (C=O) groups is 1. The lowest BCUT2D eigenvalue weighted by molar-refractivity contribution is 0.231. The van der Waals surface area contributed by atoms with Gasteiger partial charge in [-0.2, -0.15) is 0 Å². The van der Waals surface area contributed by atoms with Crippen LogP contribution in [0.25, 0.3) is 5.65 Å². The molecule has 2 aromatic heterocycles. The van der Waals surface area contributed by atoms with Gasteiger partial charge in [0.05, 0.1) is 6.04 Å². The monoisotopic (exact) mass is 337 g/mol. The van der Waals surface area contributed by atoms with Gasteiger partial charge in [-0.3, -0.25) is 4.40 Å². The maximum Gasteiger partial charge on any atom is 0.315 e. The molecule has 1 unspecified atom stereocenters. The summed E-state index contributed by atoms with van der Waals surface area (Å²) in [5, 5.41) is 14.4. The van der Waals surface area contributed by atoms with Crippen LogP contribution in [0, 0.1) is 12.8 Å². The van der Waals surface area contributed by atoms with E-state index in [1.807, 2.05) is 60.0 Å². The van der Waals surface area contributed by atoms with E-state index in [0.717, 1.165) is 17.0 Å². The Morgan fingerprint density at radius 2 is 1.88 bits per heavy atom. The fraction of sp³-hybridized carbons (Fsp3) is 0.316. The molecule has 6 heteroatoms. The number of pyridine rings is 1. The van der Waals surface area contributed by atoms with Crippen LogP contribution in [-0.4, -0.2) is 20.6 Å². The Morgan fingerprint density at radius 3 is 2.60 bits per heavy atom. The Kier molecular flexibility index (Phi) is 4.97. The average Bonchev–Trinajstić information content (AvgIpc) is 3.03. The van der Waals surface area contributed by atoms with E-state index >= 15 is 0 Å². The smallest absolute Gasteiger partial charge is 0.315 e. The molecule has 2 N–H and O–H groups in total. The summed E-state index contributed by atoms with van der Waals surface area (Å²) in [7, 11) is 0. The zero-order chi connectivity index (χ0) is 17.8. The molecule has 0 aliphatic rings. The van der Waals surface area contributed by atoms with Crippen LogP contribution >= 0.6 is 0 Å². The second kappa shape index (κ2) is 7.34. The maximum atomic E-state index is 12.3. The molecule has 3 rings (SSSR count). The van der Waals surface area contributed by atoms with Gasteiger partial charge in [0.15, 0.2) is 11.5 Å². The zero-order valence-electron chi connectivity index (χ0n) is 14.7. The van der Waals surface area contributed by atoms with E-state index in [9.17, 15) is 4.79 Å². The van der Waals surface area contributed by atoms with Gasteiger partial charge in [-0.05, 0) is 30.5 Å². The van der Waals surface area contributed by atoms with E-state index in [1.54, 1.807) is 0 Å². The lowest BCUT2D eigenvalue weighted by atomic mass is 10.0. The third-order valence-electron chi connectivity index (χ3n) is 4.15. The van der Waals surface area contributed by atoms with Crippen LogP contribution in [0.4, 0.5) is 4.79 Å². The van der Waals surface area contributed by atoms with Crippen molar-refractivity contribution in [3.63, 3.8) is 0 Å². The number of carbonyl (C=O) groups excluding carboxylic acids is 1. The number of hydrogen-bond acceptors (Lipinski definition) is 3. The highest BCUT2D eigenvalue weighted by molar-refractivity contribution is 5.74. The van der Waals surface area contributed by atoms with Crippen molar-refractivity contribution in [3.8, 4) is 0 Å². The fourth-order valence-electron chi connectivity index (χ4n) is 2.68. The molecule has 3 aromatic rings. The topological polar surface area (TPSA) is 71.3 Å². The minimum Gasteiger partial charge on any atom is -0.334 e. The van der Waals surface area contributed by atoms with Gasteiger partial charge < -0.3 is 10.6 Å². The molecule has 0 spiro atoms. The number of hydrogen-bond donors (Lipinski definition) is 2. The molecule has 0 fully saturated rings. The number of nitrogens with one attached hydrogen (secondary N) is 2. The molecule has 0 aliphatic carbocycles. The number of rotatable bonds is 5. The predicted molar refractivity (Wildman–Crippen MR) is 97.1 cm³/mol. The summed E-state index contributed by atoms with van der Waals surface area (Å²) >= 11 is 0. The number of amides is 2. The molecule has 130 valence electrons. The second-order valence-corrected chi connectivity index (χ2v) is 6.52. The number of aryl methyl sites for hydroxylation is 1. The molecule has 0 aliphatic heterocycles. The molecule has 2 amide bonds. The summed E-state index contributed by atoms with van der Waals surface area (Å²) in [4.78, 5) is 12.3. The Morgan fingerprint density at radius 1 is 1.12 bits per heavy atom. The van der Waals surface area contributed by atoms with Crippen LogP contribution in [-0.2, 0) is 6.54 Å². The summed E-state index contributed by atoms with van der Waals surface area (Å²) in [6.07, 6.45) is 1.91. The normalized spacial score (nSPS) is 12.3. The number of fused-ring (bicyclic) bond motifs is 1. The summed E-state index contributed by atoms with van der Waals surface area (Å²) in [6, 6.07) is 13.4. The Bertz CT molecular complexity index is 854. The molecule has 0 saturated carbocycles. The Labute approximate surface area is 147 Å². The second-order valence-electron chi connectivity index (χ2n) is 6.52. The van der Waals surface area contributed by atoms with E-state index in [1.165, 1.54) is 5.56 Å². The third kappa shape index (κ3) is 3.96. The zero-order valence-corrected chi connectivity index (χ0v) is 14.7. The Balaban J connectivity index is 1.69. The Hall–Kier alpha value is -2.89. The van der Waals surface area contributed by atoms with E-state index in [4.69, 9.17) is 0 Å². The van der Waals surface area contributed by atoms with Gasteiger partial charge in [-0.25, -0.2) is 4.79 Å². The molecule has 6 nitrogen and oxygen atoms in total. The lowest BCUT2D eigenvalue weighted by Crippen LogP contribution is -2.40. The third-order valence-corrected chi connectivity index (χ3v) is 4.15. The first-order valence-electron chi connectivity index (χ1n) is 8.44. The SMILES string of the molecule is Cc1ccc(CNC(=O)NC(c2nnc3ccccn23)C(C)C)cc1. The summed E-state index contributed by atoms with van der Waals surface area (Å²) in [6.45, 7) is 6.63. The van der Waals surface area contributed by atoms with Crippen molar-refractivity contribution in [2.45, 2.75) is 33.4 Å². The highest BCUT2D eigenvalue weighted by atomic mass is 16.2. The molecule has 0 bridgehead atoms. The van der Waals surface area contributed by atoms with Crippen LogP contribution < -0.4 is 10.6 Å². The van der Waals surface area contributed by atoms with Crippen molar-refractivity contribution in [1.29, 1.82) is 0 Å². The highest BCUT2D eigenvalue weighted by Gasteiger charge is 2.23. The average molecular weight is 337 g/mol.